The summed E-state index contributed by atoms with van der Waals surface area (Å²) < 4.78 is 5.69. The van der Waals surface area contributed by atoms with Crippen LogP contribution in [-0.4, -0.2) is 47.9 Å². The van der Waals surface area contributed by atoms with E-state index in [-0.39, 0.29) is 18.7 Å². The molecule has 6 nitrogen and oxygen atoms in total. The zero-order valence-electron chi connectivity index (χ0n) is 15.7. The molecule has 1 atom stereocenters. The largest absolute Gasteiger partial charge is 0.489 e. The van der Waals surface area contributed by atoms with Gasteiger partial charge in [-0.15, -0.1) is 0 Å². The Balaban J connectivity index is 1.61. The third kappa shape index (κ3) is 5.23. The molecule has 2 N–H and O–H groups in total. The van der Waals surface area contributed by atoms with Crippen molar-refractivity contribution in [3.8, 4) is 5.75 Å². The molecule has 2 aliphatic rings. The Morgan fingerprint density at radius 2 is 2.30 bits per heavy atom. The summed E-state index contributed by atoms with van der Waals surface area (Å²) in [5, 5.41) is 12.9. The van der Waals surface area contributed by atoms with Crippen molar-refractivity contribution in [2.45, 2.75) is 45.4 Å². The van der Waals surface area contributed by atoms with Gasteiger partial charge in [0, 0.05) is 43.4 Å². The molecule has 0 bridgehead atoms. The van der Waals surface area contributed by atoms with E-state index in [0.717, 1.165) is 31.6 Å². The molecule has 1 unspecified atom stereocenters. The van der Waals surface area contributed by atoms with Crippen LogP contribution in [0.5, 0.6) is 5.75 Å². The molecule has 1 aromatic rings. The van der Waals surface area contributed by atoms with E-state index >= 15 is 0 Å². The van der Waals surface area contributed by atoms with Crippen LogP contribution in [0.4, 0.5) is 0 Å². The van der Waals surface area contributed by atoms with E-state index in [1.807, 2.05) is 38.3 Å². The van der Waals surface area contributed by atoms with Crippen LogP contribution in [0.2, 0.25) is 5.02 Å². The van der Waals surface area contributed by atoms with Crippen molar-refractivity contribution >= 4 is 23.8 Å². The number of carboxylic acid groups (broad SMARTS) is 1. The Labute approximate surface area is 164 Å². The fraction of sp³-hybridized carbons (Fsp3) is 0.500. The van der Waals surface area contributed by atoms with Gasteiger partial charge >= 0.3 is 5.97 Å². The van der Waals surface area contributed by atoms with Crippen LogP contribution in [0.1, 0.15) is 44.8 Å². The zero-order chi connectivity index (χ0) is 19.4. The lowest BCUT2D eigenvalue weighted by molar-refractivity contribution is -0.137. The molecule has 0 saturated carbocycles. The maximum Gasteiger partial charge on any atom is 0.303 e. The van der Waals surface area contributed by atoms with E-state index in [1.165, 1.54) is 11.3 Å². The normalized spacial score (nSPS) is 19.8. The number of benzene rings is 1. The Hall–Kier alpha value is -2.05. The van der Waals surface area contributed by atoms with Crippen molar-refractivity contribution in [1.29, 1.82) is 0 Å². The fourth-order valence-electron chi connectivity index (χ4n) is 3.35. The molecule has 0 aliphatic carbocycles. The summed E-state index contributed by atoms with van der Waals surface area (Å²) >= 11 is 6.35. The third-order valence-corrected chi connectivity index (χ3v) is 4.94. The summed E-state index contributed by atoms with van der Waals surface area (Å²) in [6, 6.07) is 5.79. The predicted octanol–water partition coefficient (Wildman–Crippen LogP) is 3.62. The first-order valence-corrected chi connectivity index (χ1v) is 9.72. The van der Waals surface area contributed by atoms with Gasteiger partial charge in [0.2, 0.25) is 0 Å². The monoisotopic (exact) mass is 391 g/mol. The van der Waals surface area contributed by atoms with Gasteiger partial charge in [0.15, 0.2) is 0 Å². The molecule has 3 rings (SSSR count). The Bertz CT molecular complexity index is 761. The van der Waals surface area contributed by atoms with Crippen molar-refractivity contribution in [3.63, 3.8) is 0 Å². The highest BCUT2D eigenvalue weighted by Gasteiger charge is 2.24. The van der Waals surface area contributed by atoms with Gasteiger partial charge in [0.25, 0.3) is 0 Å². The van der Waals surface area contributed by atoms with Crippen LogP contribution in [-0.2, 0) is 4.79 Å². The van der Waals surface area contributed by atoms with Gasteiger partial charge in [-0.2, -0.15) is 0 Å². The minimum Gasteiger partial charge on any atom is -0.489 e. The Morgan fingerprint density at radius 1 is 1.48 bits per heavy atom. The molecule has 0 amide bonds. The average molecular weight is 392 g/mol. The van der Waals surface area contributed by atoms with Gasteiger partial charge < -0.3 is 15.2 Å². The van der Waals surface area contributed by atoms with Gasteiger partial charge in [0.1, 0.15) is 11.9 Å². The number of aliphatic imine (C=N–C) groups is 1. The Morgan fingerprint density at radius 3 is 3.00 bits per heavy atom. The smallest absolute Gasteiger partial charge is 0.303 e. The lowest BCUT2D eigenvalue weighted by Gasteiger charge is -2.33. The van der Waals surface area contributed by atoms with E-state index in [4.69, 9.17) is 21.4 Å². The van der Waals surface area contributed by atoms with Crippen LogP contribution in [0.15, 0.2) is 34.5 Å². The second-order valence-corrected chi connectivity index (χ2v) is 7.62. The van der Waals surface area contributed by atoms with Gasteiger partial charge in [-0.25, -0.2) is 0 Å². The number of ether oxygens (including phenoxy) is 1. The molecule has 2 aliphatic heterocycles. The summed E-state index contributed by atoms with van der Waals surface area (Å²) in [4.78, 5) is 17.6. The molecule has 146 valence electrons. The van der Waals surface area contributed by atoms with E-state index in [0.29, 0.717) is 17.2 Å². The molecule has 1 aromatic carbocycles. The molecule has 0 spiro atoms. The van der Waals surface area contributed by atoms with Crippen molar-refractivity contribution in [2.24, 2.45) is 4.99 Å². The molecular weight excluding hydrogens is 366 g/mol. The van der Waals surface area contributed by atoms with Crippen LogP contribution < -0.4 is 10.1 Å². The molecule has 0 radical (unpaired) electrons. The quantitative estimate of drug-likeness (QED) is 0.742. The van der Waals surface area contributed by atoms with Gasteiger partial charge in [0.05, 0.1) is 11.1 Å². The minimum absolute atomic E-state index is 0.0765. The first-order valence-electron chi connectivity index (χ1n) is 9.34. The summed E-state index contributed by atoms with van der Waals surface area (Å²) in [7, 11) is 0. The number of rotatable bonds is 7. The highest BCUT2D eigenvalue weighted by Crippen LogP contribution is 2.31. The number of aliphatic carboxylic acids is 1. The van der Waals surface area contributed by atoms with E-state index in [2.05, 4.69) is 15.2 Å². The summed E-state index contributed by atoms with van der Waals surface area (Å²) in [5.41, 5.74) is 3.39. The number of carbonyl (C=O) groups is 1. The zero-order valence-corrected chi connectivity index (χ0v) is 16.5. The molecule has 27 heavy (non-hydrogen) atoms. The summed E-state index contributed by atoms with van der Waals surface area (Å²) in [6.07, 6.45) is 3.67. The number of halogens is 1. The van der Waals surface area contributed by atoms with E-state index in [9.17, 15) is 4.79 Å². The third-order valence-electron chi connectivity index (χ3n) is 4.65. The predicted molar refractivity (Wildman–Crippen MR) is 107 cm³/mol. The molecule has 0 aromatic heterocycles. The number of hydrogen-bond acceptors (Lipinski definition) is 5. The lowest BCUT2D eigenvalue weighted by atomic mass is 10.0. The maximum atomic E-state index is 10.7. The van der Waals surface area contributed by atoms with Crippen LogP contribution >= 0.6 is 11.6 Å². The maximum absolute atomic E-state index is 10.7. The van der Waals surface area contributed by atoms with Crippen molar-refractivity contribution in [3.05, 3.63) is 40.1 Å². The van der Waals surface area contributed by atoms with Crippen LogP contribution in [0.3, 0.4) is 0 Å². The molecule has 7 heteroatoms. The van der Waals surface area contributed by atoms with Crippen LogP contribution in [0.25, 0.3) is 0 Å². The first-order chi connectivity index (χ1) is 12.9. The summed E-state index contributed by atoms with van der Waals surface area (Å²) in [6.45, 7) is 6.47. The molecule has 2 heterocycles. The molecular formula is C20H26ClN3O3. The number of nitrogens with zero attached hydrogens (tertiary/aromatic N) is 2. The van der Waals surface area contributed by atoms with Crippen molar-refractivity contribution < 1.29 is 14.6 Å². The van der Waals surface area contributed by atoms with E-state index < -0.39 is 5.97 Å². The first kappa shape index (κ1) is 19.7. The minimum atomic E-state index is -0.737. The topological polar surface area (TPSA) is 74.2 Å². The van der Waals surface area contributed by atoms with Crippen LogP contribution in [0, 0.1) is 0 Å². The van der Waals surface area contributed by atoms with Gasteiger partial charge in [-0.1, -0.05) is 17.7 Å². The number of nitrogens with one attached hydrogen (secondary N) is 1. The highest BCUT2D eigenvalue weighted by atomic mass is 35.5. The summed E-state index contributed by atoms with van der Waals surface area (Å²) in [5.74, 6) is -0.0519. The fourth-order valence-corrected chi connectivity index (χ4v) is 3.58. The average Bonchev–Trinajstić information content (AvgIpc) is 2.62. The lowest BCUT2D eigenvalue weighted by Crippen LogP contribution is -2.38. The standard InChI is InChI=1S/C20H26ClN3O3/c1-13(2)27-18-6-5-14(10-16(18)21)20-22-11-15-12-24(8-3-4-19(25)26)9-7-17(15)23-20/h5-6,10-11,13,20,23H,3-4,7-9,12H2,1-2H3,(H,25,26). The molecule has 0 fully saturated rings. The second kappa shape index (κ2) is 8.76. The second-order valence-electron chi connectivity index (χ2n) is 7.21. The SMILES string of the molecule is CC(C)Oc1ccc(C2N=CC3=C(CCN(CCCC(=O)O)C3)N2)cc1Cl. The van der Waals surface area contributed by atoms with Crippen molar-refractivity contribution in [2.75, 3.05) is 19.6 Å². The van der Waals surface area contributed by atoms with E-state index in [1.54, 1.807) is 0 Å². The molecule has 0 saturated heterocycles. The van der Waals surface area contributed by atoms with Gasteiger partial charge in [-0.3, -0.25) is 14.7 Å². The highest BCUT2D eigenvalue weighted by molar-refractivity contribution is 6.32. The Kier molecular flexibility index (Phi) is 6.39. The number of hydrogen-bond donors (Lipinski definition) is 2. The van der Waals surface area contributed by atoms with Crippen molar-refractivity contribution in [1.82, 2.24) is 10.2 Å². The number of carboxylic acids is 1. The van der Waals surface area contributed by atoms with Gasteiger partial charge in [-0.05, 0) is 44.5 Å².